The highest BCUT2D eigenvalue weighted by atomic mass is 16.5. The normalized spacial score (nSPS) is 35.9. The maximum atomic E-state index is 12.6. The molecule has 0 unspecified atom stereocenters. The summed E-state index contributed by atoms with van der Waals surface area (Å²) in [5, 5.41) is 0. The fraction of sp³-hybridized carbons (Fsp3) is 0.857. The summed E-state index contributed by atoms with van der Waals surface area (Å²) in [6.07, 6.45) is 2.71. The van der Waals surface area contributed by atoms with E-state index in [0.717, 1.165) is 12.8 Å². The average molecular weight is 266 g/mol. The van der Waals surface area contributed by atoms with E-state index < -0.39 is 0 Å². The molecule has 2 saturated heterocycles. The van der Waals surface area contributed by atoms with E-state index >= 15 is 0 Å². The summed E-state index contributed by atoms with van der Waals surface area (Å²) in [6.45, 7) is 5.87. The number of ether oxygens (including phenoxy) is 1. The van der Waals surface area contributed by atoms with Crippen LogP contribution in [0.15, 0.2) is 0 Å². The molecule has 3 rings (SSSR count). The van der Waals surface area contributed by atoms with Crippen LogP contribution in [0.2, 0.25) is 0 Å². The van der Waals surface area contributed by atoms with Crippen molar-refractivity contribution in [3.05, 3.63) is 0 Å². The SMILES string of the molecule is C[C@@H]1CN(C(=O)[C@H]2CC(=O)N(C3CC3)C2)[C@H](C)CO1. The van der Waals surface area contributed by atoms with E-state index in [-0.39, 0.29) is 29.9 Å². The van der Waals surface area contributed by atoms with Crippen LogP contribution < -0.4 is 0 Å². The third-order valence-electron chi connectivity index (χ3n) is 4.39. The molecule has 1 aliphatic carbocycles. The number of amides is 2. The Kier molecular flexibility index (Phi) is 3.25. The number of hydrogen-bond donors (Lipinski definition) is 0. The van der Waals surface area contributed by atoms with Crippen molar-refractivity contribution < 1.29 is 14.3 Å². The van der Waals surface area contributed by atoms with Crippen LogP contribution in [0.5, 0.6) is 0 Å². The Morgan fingerprint density at radius 2 is 2.00 bits per heavy atom. The third-order valence-corrected chi connectivity index (χ3v) is 4.39. The Hall–Kier alpha value is -1.10. The molecule has 0 bridgehead atoms. The Morgan fingerprint density at radius 1 is 1.26 bits per heavy atom. The van der Waals surface area contributed by atoms with Gasteiger partial charge in [0.25, 0.3) is 0 Å². The quantitative estimate of drug-likeness (QED) is 0.737. The molecule has 1 saturated carbocycles. The molecule has 0 aromatic carbocycles. The Morgan fingerprint density at radius 3 is 2.68 bits per heavy atom. The van der Waals surface area contributed by atoms with Crippen molar-refractivity contribution in [3.63, 3.8) is 0 Å². The van der Waals surface area contributed by atoms with Crippen LogP contribution in [-0.4, -0.2) is 59.5 Å². The van der Waals surface area contributed by atoms with Crippen LogP contribution in [0.1, 0.15) is 33.1 Å². The van der Waals surface area contributed by atoms with Gasteiger partial charge < -0.3 is 14.5 Å². The Bertz CT molecular complexity index is 394. The minimum Gasteiger partial charge on any atom is -0.375 e. The number of rotatable bonds is 2. The summed E-state index contributed by atoms with van der Waals surface area (Å²) in [6, 6.07) is 0.542. The van der Waals surface area contributed by atoms with Gasteiger partial charge in [-0.1, -0.05) is 0 Å². The second kappa shape index (κ2) is 4.78. The molecule has 2 amide bonds. The molecule has 5 heteroatoms. The second-order valence-corrected chi connectivity index (χ2v) is 6.16. The van der Waals surface area contributed by atoms with Crippen molar-refractivity contribution in [1.82, 2.24) is 9.80 Å². The molecule has 0 aromatic heterocycles. The molecule has 0 N–H and O–H groups in total. The highest BCUT2D eigenvalue weighted by Crippen LogP contribution is 2.33. The van der Waals surface area contributed by atoms with Gasteiger partial charge in [-0.25, -0.2) is 0 Å². The zero-order chi connectivity index (χ0) is 13.6. The van der Waals surface area contributed by atoms with Crippen molar-refractivity contribution in [2.24, 2.45) is 5.92 Å². The molecule has 3 atom stereocenters. The lowest BCUT2D eigenvalue weighted by molar-refractivity contribution is -0.147. The lowest BCUT2D eigenvalue weighted by Gasteiger charge is -2.38. The molecule has 0 aromatic rings. The summed E-state index contributed by atoms with van der Waals surface area (Å²) in [5.74, 6) is 0.162. The molecular weight excluding hydrogens is 244 g/mol. The second-order valence-electron chi connectivity index (χ2n) is 6.16. The van der Waals surface area contributed by atoms with Crippen LogP contribution in [-0.2, 0) is 14.3 Å². The zero-order valence-electron chi connectivity index (χ0n) is 11.7. The lowest BCUT2D eigenvalue weighted by atomic mass is 10.0. The Labute approximate surface area is 113 Å². The van der Waals surface area contributed by atoms with E-state index in [1.165, 1.54) is 0 Å². The molecule has 3 fully saturated rings. The van der Waals surface area contributed by atoms with Gasteiger partial charge in [-0.05, 0) is 26.7 Å². The first-order chi connectivity index (χ1) is 9.06. The first-order valence-electron chi connectivity index (χ1n) is 7.28. The number of hydrogen-bond acceptors (Lipinski definition) is 3. The molecular formula is C14H22N2O3. The monoisotopic (exact) mass is 266 g/mol. The van der Waals surface area contributed by atoms with E-state index in [2.05, 4.69) is 0 Å². The van der Waals surface area contributed by atoms with Crippen molar-refractivity contribution in [3.8, 4) is 0 Å². The van der Waals surface area contributed by atoms with Gasteiger partial charge in [0, 0.05) is 25.6 Å². The average Bonchev–Trinajstić information content (AvgIpc) is 3.15. The van der Waals surface area contributed by atoms with Gasteiger partial charge in [0.1, 0.15) is 0 Å². The summed E-state index contributed by atoms with van der Waals surface area (Å²) in [4.78, 5) is 28.3. The van der Waals surface area contributed by atoms with Gasteiger partial charge in [-0.15, -0.1) is 0 Å². The van der Waals surface area contributed by atoms with Crippen LogP contribution >= 0.6 is 0 Å². The molecule has 2 aliphatic heterocycles. The minimum absolute atomic E-state index is 0.0942. The number of morpholine rings is 1. The predicted molar refractivity (Wildman–Crippen MR) is 69.4 cm³/mol. The van der Waals surface area contributed by atoms with Gasteiger partial charge in [0.15, 0.2) is 0 Å². The maximum Gasteiger partial charge on any atom is 0.228 e. The maximum absolute atomic E-state index is 12.6. The number of carbonyl (C=O) groups excluding carboxylic acids is 2. The van der Waals surface area contributed by atoms with Gasteiger partial charge in [0.05, 0.1) is 24.7 Å². The molecule has 2 heterocycles. The topological polar surface area (TPSA) is 49.9 Å². The molecule has 0 radical (unpaired) electrons. The summed E-state index contributed by atoms with van der Waals surface area (Å²) >= 11 is 0. The number of nitrogens with zero attached hydrogens (tertiary/aromatic N) is 2. The van der Waals surface area contributed by atoms with Gasteiger partial charge >= 0.3 is 0 Å². The lowest BCUT2D eigenvalue weighted by Crippen LogP contribution is -2.52. The smallest absolute Gasteiger partial charge is 0.228 e. The van der Waals surface area contributed by atoms with Gasteiger partial charge in [0.2, 0.25) is 11.8 Å². The molecule has 5 nitrogen and oxygen atoms in total. The summed E-state index contributed by atoms with van der Waals surface area (Å²) in [5.41, 5.74) is 0. The predicted octanol–water partition coefficient (Wildman–Crippen LogP) is 0.633. The fourth-order valence-electron chi connectivity index (χ4n) is 3.08. The van der Waals surface area contributed by atoms with Crippen molar-refractivity contribution >= 4 is 11.8 Å². The largest absolute Gasteiger partial charge is 0.375 e. The van der Waals surface area contributed by atoms with Crippen molar-refractivity contribution in [2.45, 2.75) is 51.3 Å². The van der Waals surface area contributed by atoms with E-state index in [1.807, 2.05) is 23.6 Å². The van der Waals surface area contributed by atoms with Gasteiger partial charge in [-0.2, -0.15) is 0 Å². The highest BCUT2D eigenvalue weighted by molar-refractivity contribution is 5.89. The van der Waals surface area contributed by atoms with E-state index in [0.29, 0.717) is 32.2 Å². The van der Waals surface area contributed by atoms with E-state index in [4.69, 9.17) is 4.74 Å². The van der Waals surface area contributed by atoms with Gasteiger partial charge in [-0.3, -0.25) is 9.59 Å². The van der Waals surface area contributed by atoms with E-state index in [1.54, 1.807) is 0 Å². The molecule has 3 aliphatic rings. The summed E-state index contributed by atoms with van der Waals surface area (Å²) < 4.78 is 5.55. The molecule has 19 heavy (non-hydrogen) atoms. The number of likely N-dealkylation sites (tertiary alicyclic amines) is 1. The first kappa shape index (κ1) is 12.9. The first-order valence-corrected chi connectivity index (χ1v) is 7.28. The van der Waals surface area contributed by atoms with Crippen LogP contribution in [0.25, 0.3) is 0 Å². The van der Waals surface area contributed by atoms with E-state index in [9.17, 15) is 9.59 Å². The minimum atomic E-state index is -0.138. The van der Waals surface area contributed by atoms with Crippen molar-refractivity contribution in [2.75, 3.05) is 19.7 Å². The van der Waals surface area contributed by atoms with Crippen LogP contribution in [0.3, 0.4) is 0 Å². The summed E-state index contributed by atoms with van der Waals surface area (Å²) in [7, 11) is 0. The van der Waals surface area contributed by atoms with Crippen LogP contribution in [0.4, 0.5) is 0 Å². The molecule has 0 spiro atoms. The Balaban J connectivity index is 1.65. The third kappa shape index (κ3) is 2.48. The standard InChI is InChI=1S/C14H22N2O3/c1-9-8-19-10(2)6-15(9)14(18)11-5-13(17)16(7-11)12-3-4-12/h9-12H,3-8H2,1-2H3/t9-,10-,11+/m1/s1. The zero-order valence-corrected chi connectivity index (χ0v) is 11.7. The number of carbonyl (C=O) groups is 2. The van der Waals surface area contributed by atoms with Crippen LogP contribution in [0, 0.1) is 5.92 Å². The highest BCUT2D eigenvalue weighted by Gasteiger charge is 2.43. The molecule has 106 valence electrons. The van der Waals surface area contributed by atoms with Crippen molar-refractivity contribution in [1.29, 1.82) is 0 Å². The fourth-order valence-corrected chi connectivity index (χ4v) is 3.08.